The summed E-state index contributed by atoms with van der Waals surface area (Å²) in [5.41, 5.74) is 1.77. The highest BCUT2D eigenvalue weighted by molar-refractivity contribution is 6.35. The van der Waals surface area contributed by atoms with Crippen LogP contribution in [0.25, 0.3) is 0 Å². The van der Waals surface area contributed by atoms with Gasteiger partial charge in [0, 0.05) is 33.7 Å². The average Bonchev–Trinajstić information content (AvgIpc) is 2.45. The second-order valence-electron chi connectivity index (χ2n) is 5.09. The molecule has 0 aliphatic carbocycles. The summed E-state index contributed by atoms with van der Waals surface area (Å²) in [5.74, 6) is -0.0846. The van der Waals surface area contributed by atoms with Crippen LogP contribution in [0.5, 0.6) is 0 Å². The van der Waals surface area contributed by atoms with Gasteiger partial charge in [-0.1, -0.05) is 46.9 Å². The van der Waals surface area contributed by atoms with Crippen molar-refractivity contribution in [2.75, 3.05) is 18.4 Å². The second-order valence-corrected chi connectivity index (χ2v) is 6.40. The van der Waals surface area contributed by atoms with Gasteiger partial charge >= 0.3 is 0 Å². The zero-order valence-electron chi connectivity index (χ0n) is 12.4. The molecule has 23 heavy (non-hydrogen) atoms. The SMILES string of the molecule is O=C(CCNCCc1cccc(Cl)c1)Nc1cc(Cl)cc(Cl)c1. The number of carbonyl (C=O) groups excluding carboxylic acids is 1. The summed E-state index contributed by atoms with van der Waals surface area (Å²) < 4.78 is 0. The Morgan fingerprint density at radius 1 is 0.913 bits per heavy atom. The summed E-state index contributed by atoms with van der Waals surface area (Å²) >= 11 is 17.7. The maximum absolute atomic E-state index is 11.9. The smallest absolute Gasteiger partial charge is 0.225 e. The largest absolute Gasteiger partial charge is 0.326 e. The van der Waals surface area contributed by atoms with Gasteiger partial charge in [0.05, 0.1) is 0 Å². The molecule has 6 heteroatoms. The fourth-order valence-electron chi connectivity index (χ4n) is 2.10. The lowest BCUT2D eigenvalue weighted by molar-refractivity contribution is -0.116. The lowest BCUT2D eigenvalue weighted by Crippen LogP contribution is -2.23. The molecule has 2 aromatic carbocycles. The molecule has 3 nitrogen and oxygen atoms in total. The molecule has 0 aliphatic rings. The Bertz CT molecular complexity index is 656. The van der Waals surface area contributed by atoms with Crippen molar-refractivity contribution in [2.45, 2.75) is 12.8 Å². The van der Waals surface area contributed by atoms with Crippen molar-refractivity contribution in [1.82, 2.24) is 5.32 Å². The predicted molar refractivity (Wildman–Crippen MR) is 97.7 cm³/mol. The van der Waals surface area contributed by atoms with E-state index in [1.54, 1.807) is 18.2 Å². The molecule has 0 bridgehead atoms. The van der Waals surface area contributed by atoms with Gasteiger partial charge < -0.3 is 10.6 Å². The number of carbonyl (C=O) groups is 1. The molecule has 0 heterocycles. The lowest BCUT2D eigenvalue weighted by Gasteiger charge is -2.08. The van der Waals surface area contributed by atoms with Crippen molar-refractivity contribution in [1.29, 1.82) is 0 Å². The molecule has 0 unspecified atom stereocenters. The van der Waals surface area contributed by atoms with Gasteiger partial charge in [0.2, 0.25) is 5.91 Å². The third kappa shape index (κ3) is 6.80. The van der Waals surface area contributed by atoms with E-state index in [0.717, 1.165) is 18.0 Å². The van der Waals surface area contributed by atoms with E-state index < -0.39 is 0 Å². The Balaban J connectivity index is 1.67. The van der Waals surface area contributed by atoms with E-state index in [2.05, 4.69) is 10.6 Å². The van der Waals surface area contributed by atoms with Crippen molar-refractivity contribution in [3.63, 3.8) is 0 Å². The van der Waals surface area contributed by atoms with Crippen LogP contribution < -0.4 is 10.6 Å². The molecule has 0 saturated carbocycles. The standard InChI is InChI=1S/C17H17Cl3N2O/c18-13-3-1-2-12(8-13)4-6-21-7-5-17(23)22-16-10-14(19)9-15(20)11-16/h1-3,8-11,21H,4-7H2,(H,22,23). The van der Waals surface area contributed by atoms with Gasteiger partial charge in [-0.05, 0) is 48.9 Å². The molecule has 2 rings (SSSR count). The third-order valence-corrected chi connectivity index (χ3v) is 3.83. The third-order valence-electron chi connectivity index (χ3n) is 3.15. The number of amides is 1. The molecule has 0 aliphatic heterocycles. The molecule has 0 radical (unpaired) electrons. The zero-order chi connectivity index (χ0) is 16.7. The first-order valence-electron chi connectivity index (χ1n) is 7.24. The molecule has 0 spiro atoms. The molecular weight excluding hydrogens is 355 g/mol. The van der Waals surface area contributed by atoms with Gasteiger partial charge in [0.1, 0.15) is 0 Å². The Hall–Kier alpha value is -1.26. The fourth-order valence-corrected chi connectivity index (χ4v) is 2.84. The van der Waals surface area contributed by atoms with Gasteiger partial charge in [-0.15, -0.1) is 0 Å². The number of benzene rings is 2. The van der Waals surface area contributed by atoms with Gasteiger partial charge in [-0.3, -0.25) is 4.79 Å². The monoisotopic (exact) mass is 370 g/mol. The molecule has 1 amide bonds. The minimum Gasteiger partial charge on any atom is -0.326 e. The van der Waals surface area contributed by atoms with Crippen LogP contribution in [-0.2, 0) is 11.2 Å². The van der Waals surface area contributed by atoms with E-state index in [0.29, 0.717) is 28.7 Å². The summed E-state index contributed by atoms with van der Waals surface area (Å²) in [4.78, 5) is 11.9. The molecule has 2 aromatic rings. The number of hydrogen-bond donors (Lipinski definition) is 2. The Morgan fingerprint density at radius 3 is 2.35 bits per heavy atom. The van der Waals surface area contributed by atoms with Gasteiger partial charge in [0.15, 0.2) is 0 Å². The summed E-state index contributed by atoms with van der Waals surface area (Å²) in [7, 11) is 0. The van der Waals surface area contributed by atoms with Crippen LogP contribution in [0.1, 0.15) is 12.0 Å². The van der Waals surface area contributed by atoms with E-state index in [1.165, 1.54) is 5.56 Å². The highest BCUT2D eigenvalue weighted by Gasteiger charge is 2.04. The number of anilines is 1. The minimum absolute atomic E-state index is 0.0846. The van der Waals surface area contributed by atoms with E-state index in [9.17, 15) is 4.79 Å². The first kappa shape index (κ1) is 18.1. The van der Waals surface area contributed by atoms with E-state index >= 15 is 0 Å². The van der Waals surface area contributed by atoms with Crippen LogP contribution >= 0.6 is 34.8 Å². The highest BCUT2D eigenvalue weighted by atomic mass is 35.5. The first-order valence-corrected chi connectivity index (χ1v) is 8.37. The normalized spacial score (nSPS) is 10.6. The van der Waals surface area contributed by atoms with Crippen LogP contribution in [0.3, 0.4) is 0 Å². The lowest BCUT2D eigenvalue weighted by atomic mass is 10.1. The van der Waals surface area contributed by atoms with Crippen molar-refractivity contribution >= 4 is 46.4 Å². The van der Waals surface area contributed by atoms with Crippen LogP contribution in [0.4, 0.5) is 5.69 Å². The van der Waals surface area contributed by atoms with Gasteiger partial charge in [-0.2, -0.15) is 0 Å². The van der Waals surface area contributed by atoms with E-state index in [-0.39, 0.29) is 5.91 Å². The molecule has 0 saturated heterocycles. The van der Waals surface area contributed by atoms with Crippen LogP contribution in [0.2, 0.25) is 15.1 Å². The van der Waals surface area contributed by atoms with Crippen molar-refractivity contribution in [2.24, 2.45) is 0 Å². The first-order chi connectivity index (χ1) is 11.0. The number of rotatable bonds is 7. The highest BCUT2D eigenvalue weighted by Crippen LogP contribution is 2.22. The summed E-state index contributed by atoms with van der Waals surface area (Å²) in [6.07, 6.45) is 1.24. The molecule has 2 N–H and O–H groups in total. The van der Waals surface area contributed by atoms with Crippen LogP contribution in [-0.4, -0.2) is 19.0 Å². The molecular formula is C17H17Cl3N2O. The maximum Gasteiger partial charge on any atom is 0.225 e. The number of nitrogens with one attached hydrogen (secondary N) is 2. The fraction of sp³-hybridized carbons (Fsp3) is 0.235. The summed E-state index contributed by atoms with van der Waals surface area (Å²) in [6.45, 7) is 1.39. The van der Waals surface area contributed by atoms with E-state index in [1.807, 2.05) is 24.3 Å². The summed E-state index contributed by atoms with van der Waals surface area (Å²) in [5, 5.41) is 7.74. The quantitative estimate of drug-likeness (QED) is 0.686. The average molecular weight is 372 g/mol. The van der Waals surface area contributed by atoms with Crippen LogP contribution in [0.15, 0.2) is 42.5 Å². The zero-order valence-corrected chi connectivity index (χ0v) is 14.7. The van der Waals surface area contributed by atoms with Gasteiger partial charge in [-0.25, -0.2) is 0 Å². The predicted octanol–water partition coefficient (Wildman–Crippen LogP) is 4.81. The molecule has 0 fully saturated rings. The summed E-state index contributed by atoms with van der Waals surface area (Å²) in [6, 6.07) is 12.7. The molecule has 0 aromatic heterocycles. The second kappa shape index (κ2) is 9.14. The Kier molecular flexibility index (Phi) is 7.18. The van der Waals surface area contributed by atoms with Crippen molar-refractivity contribution < 1.29 is 4.79 Å². The molecule has 122 valence electrons. The maximum atomic E-state index is 11.9. The van der Waals surface area contributed by atoms with Crippen LogP contribution in [0, 0.1) is 0 Å². The topological polar surface area (TPSA) is 41.1 Å². The Morgan fingerprint density at radius 2 is 1.65 bits per heavy atom. The minimum atomic E-state index is -0.0846. The number of hydrogen-bond acceptors (Lipinski definition) is 2. The number of halogens is 3. The van der Waals surface area contributed by atoms with Crippen molar-refractivity contribution in [3.05, 3.63) is 63.1 Å². The Labute approximate surface area is 150 Å². The van der Waals surface area contributed by atoms with Gasteiger partial charge in [0.25, 0.3) is 0 Å². The van der Waals surface area contributed by atoms with E-state index in [4.69, 9.17) is 34.8 Å². The van der Waals surface area contributed by atoms with Crippen molar-refractivity contribution in [3.8, 4) is 0 Å². The molecule has 0 atom stereocenters.